The summed E-state index contributed by atoms with van der Waals surface area (Å²) < 4.78 is 6.24. The van der Waals surface area contributed by atoms with Gasteiger partial charge in [0, 0.05) is 13.1 Å². The second kappa shape index (κ2) is 7.26. The van der Waals surface area contributed by atoms with Gasteiger partial charge in [0.25, 0.3) is 0 Å². The highest BCUT2D eigenvalue weighted by atomic mass is 16.5. The fraction of sp³-hybridized carbons (Fsp3) is 0.789. The molecule has 2 fully saturated rings. The van der Waals surface area contributed by atoms with Crippen LogP contribution in [0.25, 0.3) is 0 Å². The lowest BCUT2D eigenvalue weighted by molar-refractivity contribution is -0.161. The molecule has 0 spiro atoms. The summed E-state index contributed by atoms with van der Waals surface area (Å²) in [4.78, 5) is 26.1. The number of aliphatic carboxylic acids is 1. The van der Waals surface area contributed by atoms with Crippen molar-refractivity contribution in [2.75, 3.05) is 13.1 Å². The highest BCUT2D eigenvalue weighted by molar-refractivity contribution is 6.02. The third-order valence-corrected chi connectivity index (χ3v) is 6.00. The lowest BCUT2D eigenvalue weighted by Crippen LogP contribution is -2.51. The van der Waals surface area contributed by atoms with E-state index >= 15 is 0 Å². The van der Waals surface area contributed by atoms with Crippen molar-refractivity contribution in [2.24, 2.45) is 11.3 Å². The van der Waals surface area contributed by atoms with E-state index in [1.807, 2.05) is 12.2 Å². The van der Waals surface area contributed by atoms with Crippen LogP contribution in [0.5, 0.6) is 0 Å². The zero-order chi connectivity index (χ0) is 17.2. The minimum absolute atomic E-state index is 0.218. The molecule has 0 aromatic heterocycles. The number of hydrogen-bond acceptors (Lipinski definition) is 3. The number of carboxylic acid groups (broad SMARTS) is 1. The van der Waals surface area contributed by atoms with Gasteiger partial charge in [-0.15, -0.1) is 0 Å². The largest absolute Gasteiger partial charge is 0.480 e. The molecule has 1 heterocycles. The Bertz CT molecular complexity index is 491. The summed E-state index contributed by atoms with van der Waals surface area (Å²) in [5.74, 6) is -0.395. The quantitative estimate of drug-likeness (QED) is 0.633. The summed E-state index contributed by atoms with van der Waals surface area (Å²) in [7, 11) is 0. The molecule has 1 aliphatic heterocycles. The second-order valence-electron chi connectivity index (χ2n) is 7.78. The van der Waals surface area contributed by atoms with E-state index in [9.17, 15) is 14.7 Å². The molecule has 0 aromatic carbocycles. The van der Waals surface area contributed by atoms with Crippen molar-refractivity contribution in [3.8, 4) is 0 Å². The number of ether oxygens (including phenoxy) is 1. The van der Waals surface area contributed by atoms with Crippen molar-refractivity contribution < 1.29 is 19.4 Å². The molecule has 1 saturated heterocycles. The average Bonchev–Trinajstić information content (AvgIpc) is 3.08. The topological polar surface area (TPSA) is 66.8 Å². The van der Waals surface area contributed by atoms with Gasteiger partial charge >= 0.3 is 5.97 Å². The minimum atomic E-state index is -1.26. The monoisotopic (exact) mass is 335 g/mol. The van der Waals surface area contributed by atoms with Gasteiger partial charge in [-0.25, -0.2) is 0 Å². The summed E-state index contributed by atoms with van der Waals surface area (Å²) in [6.45, 7) is 3.53. The van der Waals surface area contributed by atoms with E-state index in [1.165, 1.54) is 12.8 Å². The highest BCUT2D eigenvalue weighted by Gasteiger charge is 2.49. The van der Waals surface area contributed by atoms with Crippen molar-refractivity contribution in [3.63, 3.8) is 0 Å². The molecule has 3 aliphatic rings. The first kappa shape index (κ1) is 17.5. The number of carbonyl (C=O) groups is 2. The molecular formula is C19H29NO4. The first-order valence-electron chi connectivity index (χ1n) is 9.34. The molecule has 0 unspecified atom stereocenters. The van der Waals surface area contributed by atoms with Crippen LogP contribution < -0.4 is 0 Å². The molecule has 0 radical (unpaired) electrons. The zero-order valence-corrected chi connectivity index (χ0v) is 14.6. The van der Waals surface area contributed by atoms with Crippen LogP contribution in [0.3, 0.4) is 0 Å². The fourth-order valence-electron chi connectivity index (χ4n) is 4.23. The second-order valence-corrected chi connectivity index (χ2v) is 7.78. The van der Waals surface area contributed by atoms with E-state index < -0.39 is 11.4 Å². The van der Waals surface area contributed by atoms with E-state index in [0.717, 1.165) is 31.6 Å². The molecule has 1 amide bonds. The van der Waals surface area contributed by atoms with Gasteiger partial charge in [-0.2, -0.15) is 0 Å². The van der Waals surface area contributed by atoms with Gasteiger partial charge in [-0.05, 0) is 57.3 Å². The standard InChI is InChI=1S/C19H29NO4/c1-14-4-6-15(7-5-14)24-16-8-12-20(13-9-16)17(21)19(18(22)23)10-2-3-11-19/h2-3,14-16H,4-13H2,1H3,(H,22,23). The lowest BCUT2D eigenvalue weighted by Gasteiger charge is -2.38. The van der Waals surface area contributed by atoms with Crippen LogP contribution in [-0.4, -0.2) is 47.2 Å². The van der Waals surface area contributed by atoms with Gasteiger partial charge in [0.05, 0.1) is 12.2 Å². The number of rotatable bonds is 4. The van der Waals surface area contributed by atoms with Crippen molar-refractivity contribution in [1.82, 2.24) is 4.90 Å². The van der Waals surface area contributed by atoms with Crippen LogP contribution in [-0.2, 0) is 14.3 Å². The summed E-state index contributed by atoms with van der Waals surface area (Å²) >= 11 is 0. The summed E-state index contributed by atoms with van der Waals surface area (Å²) in [5, 5.41) is 9.54. The maximum Gasteiger partial charge on any atom is 0.319 e. The molecule has 24 heavy (non-hydrogen) atoms. The SMILES string of the molecule is CC1CCC(OC2CCN(C(=O)C3(C(=O)O)CC=CC3)CC2)CC1. The number of carboxylic acids is 1. The van der Waals surface area contributed by atoms with Gasteiger partial charge in [-0.1, -0.05) is 19.1 Å². The Morgan fingerprint density at radius 3 is 2.08 bits per heavy atom. The molecule has 0 atom stereocenters. The normalized spacial score (nSPS) is 30.5. The number of allylic oxidation sites excluding steroid dienone is 2. The van der Waals surface area contributed by atoms with E-state index in [2.05, 4.69) is 6.92 Å². The van der Waals surface area contributed by atoms with E-state index in [0.29, 0.717) is 32.0 Å². The Morgan fingerprint density at radius 1 is 1.00 bits per heavy atom. The predicted molar refractivity (Wildman–Crippen MR) is 90.5 cm³/mol. The summed E-state index contributed by atoms with van der Waals surface area (Å²) in [6, 6.07) is 0. The predicted octanol–water partition coefficient (Wildman–Crippen LogP) is 2.99. The molecule has 5 heteroatoms. The Hall–Kier alpha value is -1.36. The van der Waals surface area contributed by atoms with Gasteiger partial charge in [0.15, 0.2) is 5.41 Å². The molecule has 5 nitrogen and oxygen atoms in total. The Morgan fingerprint density at radius 2 is 1.54 bits per heavy atom. The van der Waals surface area contributed by atoms with Crippen molar-refractivity contribution in [3.05, 3.63) is 12.2 Å². The molecule has 2 aliphatic carbocycles. The van der Waals surface area contributed by atoms with Crippen molar-refractivity contribution in [2.45, 2.75) is 70.5 Å². The smallest absolute Gasteiger partial charge is 0.319 e. The maximum absolute atomic E-state index is 12.8. The van der Waals surface area contributed by atoms with Gasteiger partial charge in [-0.3, -0.25) is 9.59 Å². The number of likely N-dealkylation sites (tertiary alicyclic amines) is 1. The van der Waals surface area contributed by atoms with Gasteiger partial charge in [0.1, 0.15) is 0 Å². The first-order chi connectivity index (χ1) is 11.5. The van der Waals surface area contributed by atoms with Crippen LogP contribution in [0.4, 0.5) is 0 Å². The van der Waals surface area contributed by atoms with Crippen LogP contribution >= 0.6 is 0 Å². The lowest BCUT2D eigenvalue weighted by atomic mass is 9.83. The Balaban J connectivity index is 1.49. The van der Waals surface area contributed by atoms with Crippen molar-refractivity contribution in [1.29, 1.82) is 0 Å². The van der Waals surface area contributed by atoms with E-state index in [1.54, 1.807) is 4.90 Å². The fourth-order valence-corrected chi connectivity index (χ4v) is 4.23. The molecule has 0 aromatic rings. The zero-order valence-electron chi connectivity index (χ0n) is 14.6. The van der Waals surface area contributed by atoms with Crippen LogP contribution in [0.15, 0.2) is 12.2 Å². The molecular weight excluding hydrogens is 306 g/mol. The van der Waals surface area contributed by atoms with E-state index in [4.69, 9.17) is 4.74 Å². The van der Waals surface area contributed by atoms with Gasteiger partial charge in [0.2, 0.25) is 5.91 Å². The molecule has 3 rings (SSSR count). The number of piperidine rings is 1. The number of carbonyl (C=O) groups excluding carboxylic acids is 1. The Kier molecular flexibility index (Phi) is 5.28. The third kappa shape index (κ3) is 3.51. The van der Waals surface area contributed by atoms with Crippen molar-refractivity contribution >= 4 is 11.9 Å². The number of amides is 1. The first-order valence-corrected chi connectivity index (χ1v) is 9.34. The molecule has 1 saturated carbocycles. The maximum atomic E-state index is 12.8. The molecule has 134 valence electrons. The summed E-state index contributed by atoms with van der Waals surface area (Å²) in [5.41, 5.74) is -1.26. The highest BCUT2D eigenvalue weighted by Crippen LogP contribution is 2.37. The summed E-state index contributed by atoms with van der Waals surface area (Å²) in [6.07, 6.45) is 11.3. The van der Waals surface area contributed by atoms with Crippen LogP contribution in [0, 0.1) is 11.3 Å². The third-order valence-electron chi connectivity index (χ3n) is 6.00. The van der Waals surface area contributed by atoms with Gasteiger partial charge < -0.3 is 14.7 Å². The number of nitrogens with zero attached hydrogens (tertiary/aromatic N) is 1. The number of hydrogen-bond donors (Lipinski definition) is 1. The molecule has 0 bridgehead atoms. The molecule has 1 N–H and O–H groups in total. The van der Waals surface area contributed by atoms with Crippen LogP contribution in [0.1, 0.15) is 58.3 Å². The Labute approximate surface area is 144 Å². The minimum Gasteiger partial charge on any atom is -0.480 e. The van der Waals surface area contributed by atoms with Crippen LogP contribution in [0.2, 0.25) is 0 Å². The average molecular weight is 335 g/mol. The van der Waals surface area contributed by atoms with E-state index in [-0.39, 0.29) is 12.0 Å².